The zero-order valence-electron chi connectivity index (χ0n) is 11.2. The van der Waals surface area contributed by atoms with Gasteiger partial charge in [0, 0.05) is 17.6 Å². The molecule has 1 unspecified atom stereocenters. The van der Waals surface area contributed by atoms with E-state index in [2.05, 4.69) is 5.32 Å². The van der Waals surface area contributed by atoms with Crippen LogP contribution in [0.1, 0.15) is 32.4 Å². The molecule has 106 valence electrons. The quantitative estimate of drug-likeness (QED) is 0.898. The summed E-state index contributed by atoms with van der Waals surface area (Å²) in [5.41, 5.74) is 5.85. The van der Waals surface area contributed by atoms with Crippen LogP contribution in [-0.2, 0) is 4.74 Å². The molecule has 0 fully saturated rings. The number of ether oxygens (including phenoxy) is 1. The Kier molecular flexibility index (Phi) is 5.47. The van der Waals surface area contributed by atoms with Gasteiger partial charge in [-0.15, -0.1) is 0 Å². The smallest absolute Gasteiger partial charge is 0.408 e. The fraction of sp³-hybridized carbons (Fsp3) is 0.462. The Hall–Kier alpha value is -0.970. The van der Waals surface area contributed by atoms with Crippen LogP contribution in [-0.4, -0.2) is 18.2 Å². The van der Waals surface area contributed by atoms with E-state index in [9.17, 15) is 4.79 Å². The molecule has 0 radical (unpaired) electrons. The lowest BCUT2D eigenvalue weighted by molar-refractivity contribution is 0.0950. The fourth-order valence-corrected chi connectivity index (χ4v) is 1.90. The third kappa shape index (κ3) is 4.90. The topological polar surface area (TPSA) is 64.3 Å². The van der Waals surface area contributed by atoms with Crippen molar-refractivity contribution in [3.63, 3.8) is 0 Å². The van der Waals surface area contributed by atoms with E-state index < -0.39 is 12.2 Å². The van der Waals surface area contributed by atoms with Gasteiger partial charge in [-0.05, 0) is 26.8 Å². The molecule has 0 saturated heterocycles. The van der Waals surface area contributed by atoms with Crippen LogP contribution in [0.3, 0.4) is 0 Å². The van der Waals surface area contributed by atoms with E-state index in [0.29, 0.717) is 15.6 Å². The first-order valence-electron chi connectivity index (χ1n) is 5.87. The molecule has 3 N–H and O–H groups in total. The predicted molar refractivity (Wildman–Crippen MR) is 77.6 cm³/mol. The Morgan fingerprint density at radius 3 is 2.58 bits per heavy atom. The molecule has 1 rings (SSSR count). The SMILES string of the molecule is CC(C)(C)NC(=O)OC(CN)c1cccc(Cl)c1Cl. The summed E-state index contributed by atoms with van der Waals surface area (Å²) in [6, 6.07) is 5.13. The zero-order valence-corrected chi connectivity index (χ0v) is 12.7. The van der Waals surface area contributed by atoms with Crippen molar-refractivity contribution in [2.45, 2.75) is 32.4 Å². The van der Waals surface area contributed by atoms with E-state index in [-0.39, 0.29) is 12.1 Å². The third-order valence-corrected chi connectivity index (χ3v) is 3.10. The van der Waals surface area contributed by atoms with Gasteiger partial charge in [0.05, 0.1) is 10.0 Å². The number of carbonyl (C=O) groups is 1. The minimum atomic E-state index is -0.631. The van der Waals surface area contributed by atoms with E-state index in [1.807, 2.05) is 20.8 Å². The summed E-state index contributed by atoms with van der Waals surface area (Å²) in [5.74, 6) is 0. The Balaban J connectivity index is 2.84. The van der Waals surface area contributed by atoms with Crippen molar-refractivity contribution in [2.75, 3.05) is 6.54 Å². The minimum absolute atomic E-state index is 0.123. The molecule has 0 aliphatic heterocycles. The molecule has 1 amide bonds. The molecule has 0 spiro atoms. The Labute approximate surface area is 123 Å². The molecule has 0 aromatic heterocycles. The number of carbonyl (C=O) groups excluding carboxylic acids is 1. The predicted octanol–water partition coefficient (Wildman–Crippen LogP) is 3.52. The van der Waals surface area contributed by atoms with Crippen molar-refractivity contribution >= 4 is 29.3 Å². The Morgan fingerprint density at radius 2 is 2.05 bits per heavy atom. The summed E-state index contributed by atoms with van der Waals surface area (Å²) in [6.07, 6.45) is -1.17. The van der Waals surface area contributed by atoms with Gasteiger partial charge < -0.3 is 15.8 Å². The number of benzene rings is 1. The van der Waals surface area contributed by atoms with Crippen LogP contribution in [0.2, 0.25) is 10.0 Å². The fourth-order valence-electron chi connectivity index (χ4n) is 1.47. The van der Waals surface area contributed by atoms with E-state index in [4.69, 9.17) is 33.7 Å². The lowest BCUT2D eigenvalue weighted by Crippen LogP contribution is -2.41. The average molecular weight is 305 g/mol. The van der Waals surface area contributed by atoms with E-state index in [0.717, 1.165) is 0 Å². The minimum Gasteiger partial charge on any atom is -0.440 e. The van der Waals surface area contributed by atoms with Gasteiger partial charge >= 0.3 is 6.09 Å². The zero-order chi connectivity index (χ0) is 14.6. The molecule has 0 aliphatic rings. The van der Waals surface area contributed by atoms with Crippen LogP contribution >= 0.6 is 23.2 Å². The highest BCUT2D eigenvalue weighted by Gasteiger charge is 2.22. The summed E-state index contributed by atoms with van der Waals surface area (Å²) >= 11 is 12.0. The highest BCUT2D eigenvalue weighted by molar-refractivity contribution is 6.42. The van der Waals surface area contributed by atoms with Crippen LogP contribution in [0.4, 0.5) is 4.79 Å². The lowest BCUT2D eigenvalue weighted by Gasteiger charge is -2.23. The van der Waals surface area contributed by atoms with Crippen LogP contribution in [0.5, 0.6) is 0 Å². The van der Waals surface area contributed by atoms with Crippen molar-refractivity contribution in [3.8, 4) is 0 Å². The number of amides is 1. The van der Waals surface area contributed by atoms with Gasteiger partial charge in [-0.2, -0.15) is 0 Å². The molecule has 0 heterocycles. The monoisotopic (exact) mass is 304 g/mol. The van der Waals surface area contributed by atoms with Crippen LogP contribution < -0.4 is 11.1 Å². The second-order valence-electron chi connectivity index (χ2n) is 5.15. The summed E-state index contributed by atoms with van der Waals surface area (Å²) in [4.78, 5) is 11.7. The van der Waals surface area contributed by atoms with Gasteiger partial charge in [-0.3, -0.25) is 0 Å². The molecule has 19 heavy (non-hydrogen) atoms. The average Bonchev–Trinajstić information content (AvgIpc) is 2.27. The maximum Gasteiger partial charge on any atom is 0.408 e. The Morgan fingerprint density at radius 1 is 1.42 bits per heavy atom. The summed E-state index contributed by atoms with van der Waals surface area (Å²) in [7, 11) is 0. The summed E-state index contributed by atoms with van der Waals surface area (Å²) < 4.78 is 5.28. The van der Waals surface area contributed by atoms with Crippen LogP contribution in [0.15, 0.2) is 18.2 Å². The first-order chi connectivity index (χ1) is 8.74. The Bertz CT molecular complexity index is 458. The molecule has 1 aromatic carbocycles. The summed E-state index contributed by atoms with van der Waals surface area (Å²) in [5, 5.41) is 3.45. The number of nitrogens with one attached hydrogen (secondary N) is 1. The van der Waals surface area contributed by atoms with Crippen LogP contribution in [0.25, 0.3) is 0 Å². The number of halogens is 2. The van der Waals surface area contributed by atoms with E-state index in [1.165, 1.54) is 0 Å². The first-order valence-corrected chi connectivity index (χ1v) is 6.63. The van der Waals surface area contributed by atoms with Crippen molar-refractivity contribution in [1.82, 2.24) is 5.32 Å². The van der Waals surface area contributed by atoms with Crippen molar-refractivity contribution in [1.29, 1.82) is 0 Å². The van der Waals surface area contributed by atoms with Crippen molar-refractivity contribution < 1.29 is 9.53 Å². The van der Waals surface area contributed by atoms with E-state index >= 15 is 0 Å². The third-order valence-electron chi connectivity index (χ3n) is 2.27. The van der Waals surface area contributed by atoms with Gasteiger partial charge in [0.2, 0.25) is 0 Å². The second kappa shape index (κ2) is 6.46. The highest BCUT2D eigenvalue weighted by atomic mass is 35.5. The van der Waals surface area contributed by atoms with Crippen molar-refractivity contribution in [2.24, 2.45) is 5.73 Å². The van der Waals surface area contributed by atoms with Gasteiger partial charge in [0.1, 0.15) is 6.10 Å². The number of rotatable bonds is 3. The largest absolute Gasteiger partial charge is 0.440 e. The molecule has 0 bridgehead atoms. The van der Waals surface area contributed by atoms with Gasteiger partial charge in [-0.1, -0.05) is 35.3 Å². The molecule has 4 nitrogen and oxygen atoms in total. The molecule has 1 aromatic rings. The number of hydrogen-bond donors (Lipinski definition) is 2. The summed E-state index contributed by atoms with van der Waals surface area (Å²) in [6.45, 7) is 5.70. The van der Waals surface area contributed by atoms with E-state index in [1.54, 1.807) is 18.2 Å². The van der Waals surface area contributed by atoms with Crippen molar-refractivity contribution in [3.05, 3.63) is 33.8 Å². The number of hydrogen-bond acceptors (Lipinski definition) is 3. The number of alkyl carbamates (subject to hydrolysis) is 1. The maximum absolute atomic E-state index is 11.7. The molecule has 1 atom stereocenters. The highest BCUT2D eigenvalue weighted by Crippen LogP contribution is 2.31. The molecular weight excluding hydrogens is 287 g/mol. The molecule has 0 saturated carbocycles. The lowest BCUT2D eigenvalue weighted by atomic mass is 10.1. The molecular formula is C13H18Cl2N2O2. The molecule has 0 aliphatic carbocycles. The first kappa shape index (κ1) is 16.1. The molecule has 6 heteroatoms. The van der Waals surface area contributed by atoms with Gasteiger partial charge in [0.25, 0.3) is 0 Å². The standard InChI is InChI=1S/C13H18Cl2N2O2/c1-13(2,3)17-12(18)19-10(7-16)8-5-4-6-9(14)11(8)15/h4-6,10H,7,16H2,1-3H3,(H,17,18). The van der Waals surface area contributed by atoms with Gasteiger partial charge in [0.15, 0.2) is 0 Å². The maximum atomic E-state index is 11.7. The van der Waals surface area contributed by atoms with Gasteiger partial charge in [-0.25, -0.2) is 4.79 Å². The number of nitrogens with two attached hydrogens (primary N) is 1. The van der Waals surface area contributed by atoms with Crippen LogP contribution in [0, 0.1) is 0 Å². The normalized spacial score (nSPS) is 12.9. The second-order valence-corrected chi connectivity index (χ2v) is 5.93.